The van der Waals surface area contributed by atoms with Gasteiger partial charge in [0.1, 0.15) is 19.9 Å². The number of rotatable bonds is 9. The second-order valence-corrected chi connectivity index (χ2v) is 5.64. The number of nitrogens with zero attached hydrogens (tertiary/aromatic N) is 3. The molecule has 0 spiro atoms. The fraction of sp³-hybridized carbons (Fsp3) is 0.389. The van der Waals surface area contributed by atoms with Gasteiger partial charge in [0, 0.05) is 19.5 Å². The first-order chi connectivity index (χ1) is 13.7. The summed E-state index contributed by atoms with van der Waals surface area (Å²) in [6.07, 6.45) is 2.65. The summed E-state index contributed by atoms with van der Waals surface area (Å²) in [6.45, 7) is 3.97. The standard InChI is InChI=1S/C16H18N4O5S.C2H6/c1-23-11-19-16(22)25-9-8-24-14(21)10-26-15-18-7-5-13(20-15)12-4-2-3-6-17-12;1-2/h2-7H,8-11H2,1H3,(H,19,22);1-2H3. The monoisotopic (exact) mass is 408 g/mol. The Balaban J connectivity index is 0.00000190. The maximum absolute atomic E-state index is 11.7. The first kappa shape index (κ1) is 23.3. The third kappa shape index (κ3) is 9.28. The van der Waals surface area contributed by atoms with Crippen LogP contribution in [0.25, 0.3) is 11.4 Å². The molecule has 1 N–H and O–H groups in total. The zero-order chi connectivity index (χ0) is 20.6. The van der Waals surface area contributed by atoms with Crippen molar-refractivity contribution in [2.24, 2.45) is 0 Å². The van der Waals surface area contributed by atoms with E-state index in [1.807, 2.05) is 32.0 Å². The molecule has 0 fully saturated rings. The summed E-state index contributed by atoms with van der Waals surface area (Å²) in [5, 5.41) is 2.78. The number of thioether (sulfide) groups is 1. The molecule has 0 aliphatic heterocycles. The molecule has 9 nitrogen and oxygen atoms in total. The van der Waals surface area contributed by atoms with Crippen molar-refractivity contribution in [2.45, 2.75) is 19.0 Å². The maximum atomic E-state index is 11.7. The van der Waals surface area contributed by atoms with Crippen LogP contribution in [0.3, 0.4) is 0 Å². The minimum atomic E-state index is -0.642. The summed E-state index contributed by atoms with van der Waals surface area (Å²) in [6, 6.07) is 7.28. The average molecular weight is 408 g/mol. The predicted molar refractivity (Wildman–Crippen MR) is 105 cm³/mol. The van der Waals surface area contributed by atoms with Crippen LogP contribution in [0.4, 0.5) is 4.79 Å². The molecule has 0 saturated carbocycles. The molecule has 152 valence electrons. The number of carbonyl (C=O) groups is 2. The van der Waals surface area contributed by atoms with Gasteiger partial charge in [-0.25, -0.2) is 14.8 Å². The lowest BCUT2D eigenvalue weighted by Gasteiger charge is -2.07. The lowest BCUT2D eigenvalue weighted by Crippen LogP contribution is -2.27. The van der Waals surface area contributed by atoms with Crippen LogP contribution in [-0.2, 0) is 19.0 Å². The number of nitrogens with one attached hydrogen (secondary N) is 1. The molecule has 2 rings (SSSR count). The summed E-state index contributed by atoms with van der Waals surface area (Å²) >= 11 is 1.15. The van der Waals surface area contributed by atoms with E-state index in [0.29, 0.717) is 10.9 Å². The Morgan fingerprint density at radius 3 is 2.54 bits per heavy atom. The van der Waals surface area contributed by atoms with E-state index < -0.39 is 12.1 Å². The van der Waals surface area contributed by atoms with Gasteiger partial charge in [-0.05, 0) is 18.2 Å². The molecule has 0 atom stereocenters. The Morgan fingerprint density at radius 1 is 1.04 bits per heavy atom. The number of pyridine rings is 1. The van der Waals surface area contributed by atoms with E-state index in [1.54, 1.807) is 18.5 Å². The number of carbonyl (C=O) groups excluding carboxylic acids is 2. The number of esters is 1. The van der Waals surface area contributed by atoms with E-state index in [-0.39, 0.29) is 25.7 Å². The Kier molecular flexibility index (Phi) is 12.0. The molecular weight excluding hydrogens is 384 g/mol. The number of amides is 1. The smallest absolute Gasteiger partial charge is 0.409 e. The fourth-order valence-corrected chi connectivity index (χ4v) is 2.33. The molecule has 28 heavy (non-hydrogen) atoms. The van der Waals surface area contributed by atoms with Gasteiger partial charge in [0.25, 0.3) is 0 Å². The third-order valence-electron chi connectivity index (χ3n) is 2.82. The van der Waals surface area contributed by atoms with Gasteiger partial charge in [-0.3, -0.25) is 15.1 Å². The summed E-state index contributed by atoms with van der Waals surface area (Å²) in [4.78, 5) is 35.5. The van der Waals surface area contributed by atoms with Crippen molar-refractivity contribution in [1.82, 2.24) is 20.3 Å². The number of alkyl carbamates (subject to hydrolysis) is 1. The molecule has 0 unspecified atom stereocenters. The Labute approximate surface area is 168 Å². The third-order valence-corrected chi connectivity index (χ3v) is 3.66. The fourth-order valence-electron chi connectivity index (χ4n) is 1.70. The van der Waals surface area contributed by atoms with Crippen molar-refractivity contribution >= 4 is 23.8 Å². The van der Waals surface area contributed by atoms with Crippen molar-refractivity contribution in [3.05, 3.63) is 36.7 Å². The highest BCUT2D eigenvalue weighted by Crippen LogP contribution is 2.18. The molecular formula is C18H24N4O5S. The number of aromatic nitrogens is 3. The first-order valence-corrected chi connectivity index (χ1v) is 9.60. The van der Waals surface area contributed by atoms with Crippen molar-refractivity contribution in [3.8, 4) is 11.4 Å². The van der Waals surface area contributed by atoms with Crippen LogP contribution in [-0.4, -0.2) is 59.8 Å². The lowest BCUT2D eigenvalue weighted by molar-refractivity contribution is -0.141. The first-order valence-electron chi connectivity index (χ1n) is 8.61. The van der Waals surface area contributed by atoms with Crippen LogP contribution in [0, 0.1) is 0 Å². The minimum Gasteiger partial charge on any atom is -0.461 e. The average Bonchev–Trinajstić information content (AvgIpc) is 2.76. The minimum absolute atomic E-state index is 0.0331. The van der Waals surface area contributed by atoms with Crippen LogP contribution in [0.1, 0.15) is 13.8 Å². The lowest BCUT2D eigenvalue weighted by atomic mass is 10.3. The van der Waals surface area contributed by atoms with Crippen molar-refractivity contribution in [3.63, 3.8) is 0 Å². The van der Waals surface area contributed by atoms with E-state index in [4.69, 9.17) is 9.47 Å². The second kappa shape index (κ2) is 14.4. The zero-order valence-electron chi connectivity index (χ0n) is 16.1. The van der Waals surface area contributed by atoms with Crippen LogP contribution >= 0.6 is 11.8 Å². The molecule has 2 aromatic rings. The summed E-state index contributed by atoms with van der Waals surface area (Å²) in [5.41, 5.74) is 1.40. The summed E-state index contributed by atoms with van der Waals surface area (Å²) in [5.74, 6) is -0.413. The molecule has 0 saturated heterocycles. The summed E-state index contributed by atoms with van der Waals surface area (Å²) < 4.78 is 14.4. The van der Waals surface area contributed by atoms with Crippen LogP contribution in [0.5, 0.6) is 0 Å². The van der Waals surface area contributed by atoms with Crippen molar-refractivity contribution in [2.75, 3.05) is 32.8 Å². The highest BCUT2D eigenvalue weighted by Gasteiger charge is 2.09. The van der Waals surface area contributed by atoms with Gasteiger partial charge in [-0.1, -0.05) is 31.7 Å². The molecule has 0 radical (unpaired) electrons. The highest BCUT2D eigenvalue weighted by molar-refractivity contribution is 7.99. The molecule has 0 aliphatic carbocycles. The number of hydrogen-bond donors (Lipinski definition) is 1. The predicted octanol–water partition coefficient (Wildman–Crippen LogP) is 2.53. The summed E-state index contributed by atoms with van der Waals surface area (Å²) in [7, 11) is 1.44. The Bertz CT molecular complexity index is 718. The maximum Gasteiger partial charge on any atom is 0.409 e. The molecule has 1 amide bonds. The molecule has 0 aliphatic rings. The molecule has 2 heterocycles. The van der Waals surface area contributed by atoms with E-state index >= 15 is 0 Å². The van der Waals surface area contributed by atoms with Gasteiger partial charge in [-0.15, -0.1) is 0 Å². The molecule has 10 heteroatoms. The number of methoxy groups -OCH3 is 1. The van der Waals surface area contributed by atoms with E-state index in [1.165, 1.54) is 7.11 Å². The normalized spacial score (nSPS) is 9.68. The second-order valence-electron chi connectivity index (χ2n) is 4.69. The van der Waals surface area contributed by atoms with Crippen molar-refractivity contribution in [1.29, 1.82) is 0 Å². The van der Waals surface area contributed by atoms with Gasteiger partial charge in [0.05, 0.1) is 17.1 Å². The molecule has 2 aromatic heterocycles. The SMILES string of the molecule is CC.COCNC(=O)OCCOC(=O)CSc1nccc(-c2ccccn2)n1. The largest absolute Gasteiger partial charge is 0.461 e. The van der Waals surface area contributed by atoms with Crippen molar-refractivity contribution < 1.29 is 23.8 Å². The number of ether oxygens (including phenoxy) is 3. The number of hydrogen-bond acceptors (Lipinski definition) is 9. The topological polar surface area (TPSA) is 113 Å². The van der Waals surface area contributed by atoms with E-state index in [2.05, 4.69) is 25.0 Å². The van der Waals surface area contributed by atoms with E-state index in [9.17, 15) is 9.59 Å². The van der Waals surface area contributed by atoms with Gasteiger partial charge in [-0.2, -0.15) is 0 Å². The highest BCUT2D eigenvalue weighted by atomic mass is 32.2. The molecule has 0 aromatic carbocycles. The van der Waals surface area contributed by atoms with Gasteiger partial charge in [0.15, 0.2) is 5.16 Å². The Morgan fingerprint density at radius 2 is 1.82 bits per heavy atom. The van der Waals surface area contributed by atoms with Crippen LogP contribution in [0.15, 0.2) is 41.8 Å². The molecule has 0 bridgehead atoms. The van der Waals surface area contributed by atoms with Gasteiger partial charge in [0.2, 0.25) is 0 Å². The van der Waals surface area contributed by atoms with Gasteiger partial charge < -0.3 is 14.2 Å². The van der Waals surface area contributed by atoms with Gasteiger partial charge >= 0.3 is 12.1 Å². The Hall–Kier alpha value is -2.72. The van der Waals surface area contributed by atoms with Crippen LogP contribution in [0.2, 0.25) is 0 Å². The quantitative estimate of drug-likeness (QED) is 0.220. The van der Waals surface area contributed by atoms with E-state index in [0.717, 1.165) is 17.5 Å². The van der Waals surface area contributed by atoms with Crippen LogP contribution < -0.4 is 5.32 Å². The zero-order valence-corrected chi connectivity index (χ0v) is 16.9.